The van der Waals surface area contributed by atoms with E-state index in [-0.39, 0.29) is 0 Å². The average molecular weight is 274 g/mol. The van der Waals surface area contributed by atoms with Crippen molar-refractivity contribution in [1.29, 1.82) is 0 Å². The second kappa shape index (κ2) is 5.40. The maximum Gasteiger partial charge on any atom is 0.230 e. The zero-order chi connectivity index (χ0) is 13.9. The summed E-state index contributed by atoms with van der Waals surface area (Å²) in [4.78, 5) is 15.7. The van der Waals surface area contributed by atoms with Gasteiger partial charge in [0.1, 0.15) is 5.69 Å². The molecule has 1 N–H and O–H groups in total. The molecule has 0 bridgehead atoms. The SMILES string of the molecule is CCNc1nc(-c2cnnn2C)nc(N2CCCC2)n1. The molecule has 0 radical (unpaired) electrons. The third kappa shape index (κ3) is 2.40. The van der Waals surface area contributed by atoms with Crippen molar-refractivity contribution in [3.63, 3.8) is 0 Å². The molecule has 1 aliphatic rings. The lowest BCUT2D eigenvalue weighted by molar-refractivity contribution is 0.716. The summed E-state index contributed by atoms with van der Waals surface area (Å²) in [5.41, 5.74) is 0.784. The predicted octanol–water partition coefficient (Wildman–Crippen LogP) is 0.699. The van der Waals surface area contributed by atoms with Gasteiger partial charge < -0.3 is 10.2 Å². The largest absolute Gasteiger partial charge is 0.354 e. The van der Waals surface area contributed by atoms with E-state index in [1.54, 1.807) is 10.9 Å². The molecule has 0 aromatic carbocycles. The van der Waals surface area contributed by atoms with Crippen LogP contribution in [0.2, 0.25) is 0 Å². The van der Waals surface area contributed by atoms with E-state index in [1.165, 1.54) is 12.8 Å². The molecular formula is C12H18N8. The van der Waals surface area contributed by atoms with E-state index in [2.05, 4.69) is 35.5 Å². The highest BCUT2D eigenvalue weighted by atomic mass is 15.4. The van der Waals surface area contributed by atoms with Gasteiger partial charge in [0.05, 0.1) is 6.20 Å². The van der Waals surface area contributed by atoms with E-state index in [0.29, 0.717) is 11.8 Å². The van der Waals surface area contributed by atoms with Gasteiger partial charge in [-0.05, 0) is 19.8 Å². The monoisotopic (exact) mass is 274 g/mol. The summed E-state index contributed by atoms with van der Waals surface area (Å²) in [6.07, 6.45) is 4.04. The first-order chi connectivity index (χ1) is 9.78. The molecule has 3 rings (SSSR count). The van der Waals surface area contributed by atoms with Gasteiger partial charge in [0.15, 0.2) is 5.82 Å². The summed E-state index contributed by atoms with van der Waals surface area (Å²) in [5.74, 6) is 1.93. The summed E-state index contributed by atoms with van der Waals surface area (Å²) in [5, 5.41) is 11.0. The van der Waals surface area contributed by atoms with Crippen molar-refractivity contribution in [2.45, 2.75) is 19.8 Å². The predicted molar refractivity (Wildman–Crippen MR) is 75.4 cm³/mol. The van der Waals surface area contributed by atoms with Crippen LogP contribution in [-0.2, 0) is 7.05 Å². The fourth-order valence-corrected chi connectivity index (χ4v) is 2.27. The second-order valence-corrected chi connectivity index (χ2v) is 4.75. The molecule has 0 amide bonds. The number of aromatic nitrogens is 6. The molecule has 3 heterocycles. The smallest absolute Gasteiger partial charge is 0.230 e. The van der Waals surface area contributed by atoms with Crippen molar-refractivity contribution in [2.75, 3.05) is 29.9 Å². The Morgan fingerprint density at radius 1 is 1.20 bits per heavy atom. The van der Waals surface area contributed by atoms with Crippen LogP contribution in [0.3, 0.4) is 0 Å². The summed E-state index contributed by atoms with van der Waals surface area (Å²) < 4.78 is 1.67. The number of hydrogen-bond acceptors (Lipinski definition) is 7. The minimum Gasteiger partial charge on any atom is -0.354 e. The van der Waals surface area contributed by atoms with Gasteiger partial charge in [-0.25, -0.2) is 4.68 Å². The number of anilines is 2. The highest BCUT2D eigenvalue weighted by Crippen LogP contribution is 2.21. The summed E-state index contributed by atoms with van der Waals surface area (Å²) in [7, 11) is 1.83. The van der Waals surface area contributed by atoms with Crippen LogP contribution in [0, 0.1) is 0 Å². The minimum atomic E-state index is 0.598. The highest BCUT2D eigenvalue weighted by Gasteiger charge is 2.19. The quantitative estimate of drug-likeness (QED) is 0.878. The number of aryl methyl sites for hydroxylation is 1. The second-order valence-electron chi connectivity index (χ2n) is 4.75. The average Bonchev–Trinajstić information content (AvgIpc) is 3.09. The lowest BCUT2D eigenvalue weighted by Gasteiger charge is -2.16. The summed E-state index contributed by atoms with van der Waals surface area (Å²) >= 11 is 0. The molecular weight excluding hydrogens is 256 g/mol. The summed E-state index contributed by atoms with van der Waals surface area (Å²) in [6, 6.07) is 0. The molecule has 20 heavy (non-hydrogen) atoms. The van der Waals surface area contributed by atoms with Crippen molar-refractivity contribution in [3.05, 3.63) is 6.20 Å². The number of nitrogens with zero attached hydrogens (tertiary/aromatic N) is 7. The molecule has 0 saturated carbocycles. The molecule has 2 aromatic heterocycles. The van der Waals surface area contributed by atoms with E-state index in [0.717, 1.165) is 31.3 Å². The normalized spacial score (nSPS) is 14.8. The molecule has 1 aliphatic heterocycles. The number of rotatable bonds is 4. The Morgan fingerprint density at radius 3 is 2.65 bits per heavy atom. The van der Waals surface area contributed by atoms with Gasteiger partial charge in [-0.2, -0.15) is 15.0 Å². The van der Waals surface area contributed by atoms with Crippen molar-refractivity contribution >= 4 is 11.9 Å². The Bertz CT molecular complexity index is 587. The molecule has 0 aliphatic carbocycles. The van der Waals surface area contributed by atoms with Gasteiger partial charge in [0.2, 0.25) is 11.9 Å². The van der Waals surface area contributed by atoms with E-state index in [1.807, 2.05) is 14.0 Å². The van der Waals surface area contributed by atoms with Crippen LogP contribution in [-0.4, -0.2) is 49.6 Å². The van der Waals surface area contributed by atoms with Gasteiger partial charge in [-0.1, -0.05) is 5.21 Å². The fourth-order valence-electron chi connectivity index (χ4n) is 2.27. The van der Waals surface area contributed by atoms with Crippen LogP contribution in [0.1, 0.15) is 19.8 Å². The van der Waals surface area contributed by atoms with Crippen molar-refractivity contribution in [3.8, 4) is 11.5 Å². The maximum absolute atomic E-state index is 4.56. The Kier molecular flexibility index (Phi) is 3.44. The Hall–Kier alpha value is -2.25. The van der Waals surface area contributed by atoms with Gasteiger partial charge in [-0.3, -0.25) is 0 Å². The molecule has 1 fully saturated rings. The summed E-state index contributed by atoms with van der Waals surface area (Å²) in [6.45, 7) is 4.79. The van der Waals surface area contributed by atoms with Crippen LogP contribution >= 0.6 is 0 Å². The van der Waals surface area contributed by atoms with E-state index >= 15 is 0 Å². The highest BCUT2D eigenvalue weighted by molar-refractivity contribution is 5.53. The van der Waals surface area contributed by atoms with Crippen molar-refractivity contribution in [1.82, 2.24) is 29.9 Å². The molecule has 0 spiro atoms. The van der Waals surface area contributed by atoms with Crippen LogP contribution in [0.25, 0.3) is 11.5 Å². The Balaban J connectivity index is 2.02. The third-order valence-corrected chi connectivity index (χ3v) is 3.29. The fraction of sp³-hybridized carbons (Fsp3) is 0.583. The molecule has 8 heteroatoms. The zero-order valence-electron chi connectivity index (χ0n) is 11.7. The molecule has 2 aromatic rings. The topological polar surface area (TPSA) is 84.7 Å². The van der Waals surface area contributed by atoms with Gasteiger partial charge in [0.25, 0.3) is 0 Å². The van der Waals surface area contributed by atoms with Crippen LogP contribution < -0.4 is 10.2 Å². The first-order valence-electron chi connectivity index (χ1n) is 6.88. The molecule has 0 atom stereocenters. The van der Waals surface area contributed by atoms with E-state index < -0.39 is 0 Å². The van der Waals surface area contributed by atoms with Gasteiger partial charge in [0, 0.05) is 26.7 Å². The molecule has 106 valence electrons. The molecule has 1 saturated heterocycles. The van der Waals surface area contributed by atoms with Crippen LogP contribution in [0.5, 0.6) is 0 Å². The lowest BCUT2D eigenvalue weighted by atomic mass is 10.4. The van der Waals surface area contributed by atoms with Gasteiger partial charge >= 0.3 is 0 Å². The Labute approximate surface area is 117 Å². The third-order valence-electron chi connectivity index (χ3n) is 3.29. The lowest BCUT2D eigenvalue weighted by Crippen LogP contribution is -2.22. The number of hydrogen-bond donors (Lipinski definition) is 1. The van der Waals surface area contributed by atoms with Crippen molar-refractivity contribution < 1.29 is 0 Å². The molecule has 0 unspecified atom stereocenters. The van der Waals surface area contributed by atoms with Crippen LogP contribution in [0.4, 0.5) is 11.9 Å². The standard InChI is InChI=1S/C12H18N8/c1-3-13-11-15-10(9-8-14-18-19(9)2)16-12(17-11)20-6-4-5-7-20/h8H,3-7H2,1-2H3,(H,13,15,16,17). The molecule has 8 nitrogen and oxygen atoms in total. The Morgan fingerprint density at radius 2 is 2.00 bits per heavy atom. The minimum absolute atomic E-state index is 0.598. The first kappa shape index (κ1) is 12.8. The van der Waals surface area contributed by atoms with E-state index in [9.17, 15) is 0 Å². The van der Waals surface area contributed by atoms with Crippen molar-refractivity contribution in [2.24, 2.45) is 7.05 Å². The zero-order valence-corrected chi connectivity index (χ0v) is 11.7. The van der Waals surface area contributed by atoms with E-state index in [4.69, 9.17) is 0 Å². The van der Waals surface area contributed by atoms with Gasteiger partial charge in [-0.15, -0.1) is 5.10 Å². The first-order valence-corrected chi connectivity index (χ1v) is 6.88. The maximum atomic E-state index is 4.56. The van der Waals surface area contributed by atoms with Crippen LogP contribution in [0.15, 0.2) is 6.20 Å². The number of nitrogens with one attached hydrogen (secondary N) is 1.